The summed E-state index contributed by atoms with van der Waals surface area (Å²) >= 11 is 0. The maximum Gasteiger partial charge on any atom is 0.289 e. The van der Waals surface area contributed by atoms with Gasteiger partial charge in [0.25, 0.3) is 10.0 Å². The fraction of sp³-hybridized carbons (Fsp3) is 0.632. The highest BCUT2D eigenvalue weighted by Gasteiger charge is 2.24. The summed E-state index contributed by atoms with van der Waals surface area (Å²) in [6.07, 6.45) is 14.5. The summed E-state index contributed by atoms with van der Waals surface area (Å²) in [5.74, 6) is 0.0893. The summed E-state index contributed by atoms with van der Waals surface area (Å²) in [6, 6.07) is 1.94. The summed E-state index contributed by atoms with van der Waals surface area (Å²) in [5, 5.41) is 14.9. The van der Waals surface area contributed by atoms with Crippen LogP contribution in [0, 0.1) is 11.5 Å². The van der Waals surface area contributed by atoms with Crippen LogP contribution >= 0.6 is 0 Å². The first kappa shape index (κ1) is 20.4. The van der Waals surface area contributed by atoms with Gasteiger partial charge in [-0.15, -0.1) is 4.40 Å². The van der Waals surface area contributed by atoms with Gasteiger partial charge < -0.3 is 10.2 Å². The molecule has 1 aliphatic heterocycles. The molecule has 1 saturated heterocycles. The Morgan fingerprint density at radius 2 is 1.82 bits per heavy atom. The molecule has 0 aromatic carbocycles. The van der Waals surface area contributed by atoms with E-state index in [1.807, 2.05) is 11.1 Å². The van der Waals surface area contributed by atoms with Gasteiger partial charge in [-0.25, -0.2) is 0 Å². The SMILES string of the molecule is N#CN/C(=N\S(=O)(=O)c1cnccc1NC1CCCCCC1)N1CCCCC1. The average molecular weight is 405 g/mol. The molecule has 0 atom stereocenters. The van der Waals surface area contributed by atoms with Gasteiger partial charge in [0, 0.05) is 31.5 Å². The Morgan fingerprint density at radius 3 is 2.50 bits per heavy atom. The molecule has 1 aromatic rings. The van der Waals surface area contributed by atoms with Crippen LogP contribution in [0.5, 0.6) is 0 Å². The van der Waals surface area contributed by atoms with Crippen molar-refractivity contribution in [3.63, 3.8) is 0 Å². The van der Waals surface area contributed by atoms with E-state index in [1.165, 1.54) is 19.0 Å². The molecule has 1 aromatic heterocycles. The van der Waals surface area contributed by atoms with Crippen molar-refractivity contribution in [2.45, 2.75) is 68.7 Å². The number of rotatable bonds is 4. The smallest absolute Gasteiger partial charge is 0.289 e. The zero-order valence-electron chi connectivity index (χ0n) is 16.1. The van der Waals surface area contributed by atoms with E-state index in [1.54, 1.807) is 12.3 Å². The lowest BCUT2D eigenvalue weighted by Crippen LogP contribution is -2.42. The van der Waals surface area contributed by atoms with Crippen LogP contribution in [0.25, 0.3) is 0 Å². The Morgan fingerprint density at radius 1 is 1.14 bits per heavy atom. The molecule has 0 radical (unpaired) electrons. The number of nitrogens with zero attached hydrogens (tertiary/aromatic N) is 4. The minimum Gasteiger partial charge on any atom is -0.381 e. The highest BCUT2D eigenvalue weighted by atomic mass is 32.2. The van der Waals surface area contributed by atoms with E-state index >= 15 is 0 Å². The molecule has 3 rings (SSSR count). The first-order chi connectivity index (χ1) is 13.6. The third kappa shape index (κ3) is 5.35. The predicted molar refractivity (Wildman–Crippen MR) is 108 cm³/mol. The number of pyridine rings is 1. The molecule has 0 unspecified atom stereocenters. The Labute approximate surface area is 167 Å². The molecule has 9 heteroatoms. The van der Waals surface area contributed by atoms with Crippen molar-refractivity contribution in [3.8, 4) is 6.19 Å². The van der Waals surface area contributed by atoms with Gasteiger partial charge in [-0.2, -0.15) is 13.7 Å². The Kier molecular flexibility index (Phi) is 7.09. The minimum atomic E-state index is -4.01. The van der Waals surface area contributed by atoms with Crippen LogP contribution in [-0.2, 0) is 10.0 Å². The second-order valence-corrected chi connectivity index (χ2v) is 8.95. The van der Waals surface area contributed by atoms with E-state index in [0.717, 1.165) is 44.9 Å². The number of piperidine rings is 1. The molecule has 0 spiro atoms. The van der Waals surface area contributed by atoms with Gasteiger partial charge in [0.05, 0.1) is 5.69 Å². The number of guanidine groups is 1. The fourth-order valence-corrected chi connectivity index (χ4v) is 4.91. The van der Waals surface area contributed by atoms with E-state index in [-0.39, 0.29) is 16.9 Å². The normalized spacial score (nSPS) is 19.5. The molecule has 1 saturated carbocycles. The van der Waals surface area contributed by atoms with Crippen molar-refractivity contribution in [3.05, 3.63) is 18.5 Å². The highest BCUT2D eigenvalue weighted by molar-refractivity contribution is 7.90. The van der Waals surface area contributed by atoms with Gasteiger partial charge in [0.2, 0.25) is 5.96 Å². The van der Waals surface area contributed by atoms with Gasteiger partial charge in [-0.1, -0.05) is 25.7 Å². The first-order valence-electron chi connectivity index (χ1n) is 10.1. The van der Waals surface area contributed by atoms with E-state index < -0.39 is 10.0 Å². The number of hydrogen-bond acceptors (Lipinski definition) is 5. The summed E-state index contributed by atoms with van der Waals surface area (Å²) in [4.78, 5) is 5.87. The second-order valence-electron chi connectivity index (χ2n) is 7.38. The molecule has 0 amide bonds. The molecular weight excluding hydrogens is 376 g/mol. The van der Waals surface area contributed by atoms with Crippen molar-refractivity contribution in [2.75, 3.05) is 18.4 Å². The van der Waals surface area contributed by atoms with Crippen molar-refractivity contribution in [1.29, 1.82) is 5.26 Å². The van der Waals surface area contributed by atoms with Gasteiger partial charge in [0.1, 0.15) is 4.90 Å². The number of sulfonamides is 1. The van der Waals surface area contributed by atoms with Gasteiger partial charge in [-0.05, 0) is 38.2 Å². The molecule has 1 aliphatic carbocycles. The van der Waals surface area contributed by atoms with Gasteiger partial charge in [0.15, 0.2) is 6.19 Å². The third-order valence-electron chi connectivity index (χ3n) is 5.31. The number of nitriles is 1. The molecule has 2 N–H and O–H groups in total. The molecule has 0 bridgehead atoms. The van der Waals surface area contributed by atoms with E-state index in [9.17, 15) is 8.42 Å². The Bertz CT molecular complexity index is 819. The standard InChI is InChI=1S/C19H28N6O2S/c20-15-22-19(25-12-6-3-7-13-25)24-28(26,27)18-14-21-11-10-17(18)23-16-8-4-1-2-5-9-16/h10-11,14,16H,1-9,12-13H2,(H,21,23)(H,22,24). The van der Waals surface area contributed by atoms with Crippen LogP contribution in [0.15, 0.2) is 27.8 Å². The lowest BCUT2D eigenvalue weighted by atomic mass is 10.1. The largest absolute Gasteiger partial charge is 0.381 e. The number of aromatic nitrogens is 1. The molecule has 2 aliphatic rings. The molecular formula is C19H28N6O2S. The maximum absolute atomic E-state index is 13.0. The fourth-order valence-electron chi connectivity index (χ4n) is 3.83. The quantitative estimate of drug-likeness (QED) is 0.261. The second kappa shape index (κ2) is 9.73. The van der Waals surface area contributed by atoms with E-state index in [4.69, 9.17) is 5.26 Å². The number of hydrogen-bond donors (Lipinski definition) is 2. The number of anilines is 1. The average Bonchev–Trinajstić information content (AvgIpc) is 2.97. The minimum absolute atomic E-state index is 0.0495. The Balaban J connectivity index is 1.86. The van der Waals surface area contributed by atoms with Crippen molar-refractivity contribution in [2.24, 2.45) is 4.40 Å². The van der Waals surface area contributed by atoms with Crippen LogP contribution in [-0.4, -0.2) is 43.4 Å². The van der Waals surface area contributed by atoms with Crippen LogP contribution < -0.4 is 10.6 Å². The predicted octanol–water partition coefficient (Wildman–Crippen LogP) is 2.82. The molecule has 2 heterocycles. The third-order valence-corrected chi connectivity index (χ3v) is 6.60. The van der Waals surface area contributed by atoms with Crippen LogP contribution in [0.3, 0.4) is 0 Å². The van der Waals surface area contributed by atoms with Crippen LogP contribution in [0.1, 0.15) is 57.8 Å². The van der Waals surface area contributed by atoms with E-state index in [2.05, 4.69) is 20.0 Å². The lowest BCUT2D eigenvalue weighted by Gasteiger charge is -2.28. The first-order valence-corrected chi connectivity index (χ1v) is 11.5. The summed E-state index contributed by atoms with van der Waals surface area (Å²) < 4.78 is 30.1. The molecule has 2 fully saturated rings. The van der Waals surface area contributed by atoms with Crippen LogP contribution in [0.2, 0.25) is 0 Å². The van der Waals surface area contributed by atoms with E-state index in [0.29, 0.717) is 18.8 Å². The van der Waals surface area contributed by atoms with Crippen molar-refractivity contribution in [1.82, 2.24) is 15.2 Å². The van der Waals surface area contributed by atoms with Crippen LogP contribution in [0.4, 0.5) is 5.69 Å². The topological polar surface area (TPSA) is 110 Å². The lowest BCUT2D eigenvalue weighted by molar-refractivity contribution is 0.336. The molecule has 152 valence electrons. The maximum atomic E-state index is 13.0. The Hall–Kier alpha value is -2.34. The summed E-state index contributed by atoms with van der Waals surface area (Å²) in [6.45, 7) is 1.37. The molecule has 28 heavy (non-hydrogen) atoms. The van der Waals surface area contributed by atoms with Gasteiger partial charge in [-0.3, -0.25) is 10.3 Å². The zero-order chi connectivity index (χ0) is 19.8. The summed E-state index contributed by atoms with van der Waals surface area (Å²) in [7, 11) is -4.01. The van der Waals surface area contributed by atoms with Crippen molar-refractivity contribution < 1.29 is 8.42 Å². The molecule has 8 nitrogen and oxygen atoms in total. The van der Waals surface area contributed by atoms with Crippen molar-refractivity contribution >= 4 is 21.7 Å². The monoisotopic (exact) mass is 404 g/mol. The number of nitrogens with one attached hydrogen (secondary N) is 2. The number of likely N-dealkylation sites (tertiary alicyclic amines) is 1. The van der Waals surface area contributed by atoms with Gasteiger partial charge >= 0.3 is 0 Å². The zero-order valence-corrected chi connectivity index (χ0v) is 16.9. The summed E-state index contributed by atoms with van der Waals surface area (Å²) in [5.41, 5.74) is 0.528. The highest BCUT2D eigenvalue weighted by Crippen LogP contribution is 2.26.